The number of aromatic nitrogens is 2. The van der Waals surface area contributed by atoms with Crippen LogP contribution in [0.3, 0.4) is 0 Å². The van der Waals surface area contributed by atoms with Crippen LogP contribution in [0.1, 0.15) is 22.4 Å². The summed E-state index contributed by atoms with van der Waals surface area (Å²) in [6.07, 6.45) is 0. The lowest BCUT2D eigenvalue weighted by Gasteiger charge is -2.11. The van der Waals surface area contributed by atoms with Crippen molar-refractivity contribution >= 4 is 17.5 Å². The fourth-order valence-corrected chi connectivity index (χ4v) is 2.91. The van der Waals surface area contributed by atoms with E-state index in [4.69, 9.17) is 9.47 Å². The molecule has 0 amide bonds. The van der Waals surface area contributed by atoms with Crippen molar-refractivity contribution in [1.29, 1.82) is 0 Å². The Morgan fingerprint density at radius 3 is 2.59 bits per heavy atom. The molecule has 2 aromatic carbocycles. The van der Waals surface area contributed by atoms with E-state index < -0.39 is 0 Å². The molecule has 4 rings (SSSR count). The Kier molecular flexibility index (Phi) is 4.54. The number of hydrogen-bond acceptors (Lipinski definition) is 6. The van der Waals surface area contributed by atoms with Crippen LogP contribution in [0, 0.1) is 20.8 Å². The summed E-state index contributed by atoms with van der Waals surface area (Å²) in [6, 6.07) is 14.1. The third-order valence-corrected chi connectivity index (χ3v) is 4.53. The van der Waals surface area contributed by atoms with Crippen LogP contribution in [0.2, 0.25) is 0 Å². The minimum atomic E-state index is 0.283. The van der Waals surface area contributed by atoms with Gasteiger partial charge >= 0.3 is 0 Å². The summed E-state index contributed by atoms with van der Waals surface area (Å²) in [5.41, 5.74) is 5.46. The molecule has 0 saturated carbocycles. The Bertz CT molecular complexity index is 988. The molecule has 3 aromatic rings. The zero-order chi connectivity index (χ0) is 18.8. The molecule has 0 aliphatic carbocycles. The molecule has 0 spiro atoms. The number of anilines is 3. The summed E-state index contributed by atoms with van der Waals surface area (Å²) in [5, 5.41) is 6.64. The highest BCUT2D eigenvalue weighted by Gasteiger charge is 2.13. The molecule has 27 heavy (non-hydrogen) atoms. The topological polar surface area (TPSA) is 68.3 Å². The van der Waals surface area contributed by atoms with E-state index in [9.17, 15) is 0 Å². The van der Waals surface area contributed by atoms with Crippen LogP contribution in [0.25, 0.3) is 0 Å². The number of rotatable bonds is 5. The minimum absolute atomic E-state index is 0.283. The first-order valence-corrected chi connectivity index (χ1v) is 8.89. The van der Waals surface area contributed by atoms with Crippen LogP contribution >= 0.6 is 0 Å². The molecular formula is C21H22N4O2. The lowest BCUT2D eigenvalue weighted by molar-refractivity contribution is 0.174. The van der Waals surface area contributed by atoms with Crippen LogP contribution in [0.4, 0.5) is 17.5 Å². The van der Waals surface area contributed by atoms with Crippen LogP contribution < -0.4 is 20.1 Å². The first-order valence-electron chi connectivity index (χ1n) is 8.89. The summed E-state index contributed by atoms with van der Waals surface area (Å²) in [4.78, 5) is 9.06. The van der Waals surface area contributed by atoms with Crippen molar-refractivity contribution in [2.24, 2.45) is 0 Å². The Morgan fingerprint density at radius 1 is 0.889 bits per heavy atom. The molecular weight excluding hydrogens is 340 g/mol. The predicted octanol–water partition coefficient (Wildman–Crippen LogP) is 4.49. The van der Waals surface area contributed by atoms with Gasteiger partial charge in [0.1, 0.15) is 5.82 Å². The maximum absolute atomic E-state index is 5.43. The van der Waals surface area contributed by atoms with Gasteiger partial charge in [-0.25, -0.2) is 4.98 Å². The molecule has 0 saturated heterocycles. The lowest BCUT2D eigenvalue weighted by atomic mass is 10.1. The summed E-state index contributed by atoms with van der Waals surface area (Å²) in [6.45, 7) is 7.07. The van der Waals surface area contributed by atoms with Crippen molar-refractivity contribution in [1.82, 2.24) is 9.97 Å². The normalized spacial score (nSPS) is 12.1. The summed E-state index contributed by atoms with van der Waals surface area (Å²) < 4.78 is 10.8. The molecule has 6 heteroatoms. The third kappa shape index (κ3) is 3.95. The monoisotopic (exact) mass is 362 g/mol. The van der Waals surface area contributed by atoms with Crippen molar-refractivity contribution in [3.8, 4) is 11.5 Å². The van der Waals surface area contributed by atoms with Gasteiger partial charge in [-0.05, 0) is 61.7 Å². The molecule has 1 aromatic heterocycles. The van der Waals surface area contributed by atoms with Gasteiger partial charge in [-0.1, -0.05) is 12.1 Å². The highest BCUT2D eigenvalue weighted by Crippen LogP contribution is 2.32. The van der Waals surface area contributed by atoms with Crippen LogP contribution in [-0.2, 0) is 6.54 Å². The van der Waals surface area contributed by atoms with Crippen molar-refractivity contribution in [2.75, 3.05) is 17.4 Å². The Hall–Kier alpha value is -3.28. The Balaban J connectivity index is 1.47. The number of benzene rings is 2. The molecule has 0 radical (unpaired) electrons. The van der Waals surface area contributed by atoms with E-state index in [0.717, 1.165) is 34.3 Å². The maximum atomic E-state index is 5.43. The second-order valence-corrected chi connectivity index (χ2v) is 6.68. The van der Waals surface area contributed by atoms with Crippen molar-refractivity contribution in [3.63, 3.8) is 0 Å². The van der Waals surface area contributed by atoms with Gasteiger partial charge in [-0.15, -0.1) is 0 Å². The van der Waals surface area contributed by atoms with E-state index in [-0.39, 0.29) is 6.79 Å². The highest BCUT2D eigenvalue weighted by atomic mass is 16.7. The standard InChI is InChI=1S/C21H22N4O2/c1-13-4-6-17(8-14(13)2)24-21-23-15(3)9-20(25-21)22-11-16-5-7-18-19(10-16)27-12-26-18/h4-10H,11-12H2,1-3H3,(H2,22,23,24,25). The molecule has 6 nitrogen and oxygen atoms in total. The van der Waals surface area contributed by atoms with Gasteiger partial charge in [0.15, 0.2) is 11.5 Å². The third-order valence-electron chi connectivity index (χ3n) is 4.53. The largest absolute Gasteiger partial charge is 0.454 e. The van der Waals surface area contributed by atoms with E-state index >= 15 is 0 Å². The zero-order valence-electron chi connectivity index (χ0n) is 15.7. The van der Waals surface area contributed by atoms with E-state index in [2.05, 4.69) is 46.6 Å². The second-order valence-electron chi connectivity index (χ2n) is 6.68. The second kappa shape index (κ2) is 7.15. The van der Waals surface area contributed by atoms with E-state index in [1.165, 1.54) is 11.1 Å². The van der Waals surface area contributed by atoms with Crippen molar-refractivity contribution < 1.29 is 9.47 Å². The van der Waals surface area contributed by atoms with Crippen LogP contribution in [0.5, 0.6) is 11.5 Å². The average molecular weight is 362 g/mol. The first-order chi connectivity index (χ1) is 13.1. The Morgan fingerprint density at radius 2 is 1.74 bits per heavy atom. The smallest absolute Gasteiger partial charge is 0.231 e. The van der Waals surface area contributed by atoms with E-state index in [1.807, 2.05) is 37.3 Å². The number of ether oxygens (including phenoxy) is 2. The molecule has 0 bridgehead atoms. The van der Waals surface area contributed by atoms with E-state index in [1.54, 1.807) is 0 Å². The summed E-state index contributed by atoms with van der Waals surface area (Å²) >= 11 is 0. The molecule has 2 N–H and O–H groups in total. The van der Waals surface area contributed by atoms with Crippen molar-refractivity contribution in [2.45, 2.75) is 27.3 Å². The molecule has 0 atom stereocenters. The van der Waals surface area contributed by atoms with Gasteiger partial charge in [0, 0.05) is 24.0 Å². The molecule has 0 unspecified atom stereocenters. The van der Waals surface area contributed by atoms with Crippen LogP contribution in [-0.4, -0.2) is 16.8 Å². The highest BCUT2D eigenvalue weighted by molar-refractivity contribution is 5.57. The summed E-state index contributed by atoms with van der Waals surface area (Å²) in [5.74, 6) is 2.92. The first kappa shape index (κ1) is 17.1. The number of nitrogens with one attached hydrogen (secondary N) is 2. The Labute approximate surface area is 158 Å². The lowest BCUT2D eigenvalue weighted by Crippen LogP contribution is -2.05. The van der Waals surface area contributed by atoms with Gasteiger partial charge in [0.2, 0.25) is 12.7 Å². The number of hydrogen-bond donors (Lipinski definition) is 2. The van der Waals surface area contributed by atoms with E-state index in [0.29, 0.717) is 12.5 Å². The quantitative estimate of drug-likeness (QED) is 0.697. The van der Waals surface area contributed by atoms with Gasteiger partial charge in [0.05, 0.1) is 0 Å². The zero-order valence-corrected chi connectivity index (χ0v) is 15.7. The minimum Gasteiger partial charge on any atom is -0.454 e. The number of aryl methyl sites for hydroxylation is 3. The molecule has 2 heterocycles. The molecule has 0 fully saturated rings. The SMILES string of the molecule is Cc1cc(NCc2ccc3c(c2)OCO3)nc(Nc2ccc(C)c(C)c2)n1. The average Bonchev–Trinajstić information content (AvgIpc) is 3.10. The van der Waals surface area contributed by atoms with Gasteiger partial charge in [0.25, 0.3) is 0 Å². The fourth-order valence-electron chi connectivity index (χ4n) is 2.91. The number of nitrogens with zero attached hydrogens (tertiary/aromatic N) is 2. The summed E-state index contributed by atoms with van der Waals surface area (Å²) in [7, 11) is 0. The van der Waals surface area contributed by atoms with Gasteiger partial charge in [-0.3, -0.25) is 0 Å². The van der Waals surface area contributed by atoms with Crippen LogP contribution in [0.15, 0.2) is 42.5 Å². The fraction of sp³-hybridized carbons (Fsp3) is 0.238. The van der Waals surface area contributed by atoms with Gasteiger partial charge < -0.3 is 20.1 Å². The number of fused-ring (bicyclic) bond motifs is 1. The van der Waals surface area contributed by atoms with Crippen molar-refractivity contribution in [3.05, 3.63) is 64.8 Å². The molecule has 138 valence electrons. The molecule has 1 aliphatic rings. The maximum Gasteiger partial charge on any atom is 0.231 e. The molecule has 1 aliphatic heterocycles. The predicted molar refractivity (Wildman–Crippen MR) is 106 cm³/mol. The van der Waals surface area contributed by atoms with Gasteiger partial charge in [-0.2, -0.15) is 4.98 Å².